The van der Waals surface area contributed by atoms with Crippen molar-refractivity contribution in [2.45, 2.75) is 48.3 Å². The lowest BCUT2D eigenvalue weighted by Crippen LogP contribution is -2.35. The van der Waals surface area contributed by atoms with E-state index >= 15 is 0 Å². The van der Waals surface area contributed by atoms with Gasteiger partial charge in [-0.15, -0.1) is 0 Å². The SMILES string of the molecule is O=C(CSc1nc2cc(S(=O)(=O)N3CCCCC3)ccc2o1)NC[C@H]1CCCO1. The number of carbonyl (C=O) groups excluding carboxylic acids is 1. The van der Waals surface area contributed by atoms with E-state index in [0.717, 1.165) is 38.7 Å². The Labute approximate surface area is 174 Å². The van der Waals surface area contributed by atoms with Gasteiger partial charge in [0.1, 0.15) is 5.52 Å². The quantitative estimate of drug-likeness (QED) is 0.661. The van der Waals surface area contributed by atoms with Crippen LogP contribution in [-0.4, -0.2) is 61.7 Å². The number of ether oxygens (including phenoxy) is 1. The number of thioether (sulfide) groups is 1. The van der Waals surface area contributed by atoms with Gasteiger partial charge in [-0.05, 0) is 43.9 Å². The lowest BCUT2D eigenvalue weighted by molar-refractivity contribution is -0.119. The fourth-order valence-electron chi connectivity index (χ4n) is 3.57. The number of piperidine rings is 1. The van der Waals surface area contributed by atoms with Crippen molar-refractivity contribution >= 4 is 38.8 Å². The molecule has 2 aliphatic heterocycles. The first-order valence-corrected chi connectivity index (χ1v) is 12.4. The molecule has 1 aromatic carbocycles. The van der Waals surface area contributed by atoms with Crippen LogP contribution in [0.2, 0.25) is 0 Å². The maximum absolute atomic E-state index is 12.8. The van der Waals surface area contributed by atoms with Gasteiger partial charge in [0.25, 0.3) is 5.22 Å². The van der Waals surface area contributed by atoms with E-state index in [2.05, 4.69) is 10.3 Å². The van der Waals surface area contributed by atoms with E-state index in [9.17, 15) is 13.2 Å². The summed E-state index contributed by atoms with van der Waals surface area (Å²) in [7, 11) is -3.52. The lowest BCUT2D eigenvalue weighted by atomic mass is 10.2. The summed E-state index contributed by atoms with van der Waals surface area (Å²) in [6.07, 6.45) is 4.96. The fourth-order valence-corrected chi connectivity index (χ4v) is 5.78. The molecule has 8 nitrogen and oxygen atoms in total. The molecular weight excluding hydrogens is 414 g/mol. The van der Waals surface area contributed by atoms with Crippen LogP contribution in [-0.2, 0) is 19.6 Å². The molecule has 1 amide bonds. The van der Waals surface area contributed by atoms with Crippen LogP contribution in [0.15, 0.2) is 32.7 Å². The Kier molecular flexibility index (Phi) is 6.43. The number of nitrogens with zero attached hydrogens (tertiary/aromatic N) is 2. The molecule has 0 unspecified atom stereocenters. The van der Waals surface area contributed by atoms with E-state index in [4.69, 9.17) is 9.15 Å². The summed E-state index contributed by atoms with van der Waals surface area (Å²) in [6, 6.07) is 4.73. The first-order valence-electron chi connectivity index (χ1n) is 9.94. The summed E-state index contributed by atoms with van der Waals surface area (Å²) in [5.41, 5.74) is 0.982. The Balaban J connectivity index is 1.38. The fraction of sp³-hybridized carbons (Fsp3) is 0.579. The maximum Gasteiger partial charge on any atom is 0.257 e. The number of benzene rings is 1. The van der Waals surface area contributed by atoms with Crippen molar-refractivity contribution < 1.29 is 22.4 Å². The number of carbonyl (C=O) groups is 1. The zero-order valence-corrected chi connectivity index (χ0v) is 17.8. The summed E-state index contributed by atoms with van der Waals surface area (Å²) in [5.74, 6) is 0.0690. The Morgan fingerprint density at radius 3 is 2.83 bits per heavy atom. The van der Waals surface area contributed by atoms with Crippen molar-refractivity contribution in [1.29, 1.82) is 0 Å². The molecule has 3 heterocycles. The van der Waals surface area contributed by atoms with Gasteiger partial charge in [-0.1, -0.05) is 18.2 Å². The number of sulfonamides is 1. The van der Waals surface area contributed by atoms with E-state index < -0.39 is 10.0 Å². The van der Waals surface area contributed by atoms with Gasteiger partial charge in [0.15, 0.2) is 5.58 Å². The third kappa shape index (κ3) is 4.93. The van der Waals surface area contributed by atoms with Crippen LogP contribution in [0, 0.1) is 0 Å². The standard InChI is InChI=1S/C19H25N3O5S2/c23-18(20-12-14-5-4-10-26-14)13-28-19-21-16-11-15(6-7-17(16)27-19)29(24,25)22-8-2-1-3-9-22/h6-7,11,14H,1-5,8-10,12-13H2,(H,20,23)/t14-/m1/s1. The van der Waals surface area contributed by atoms with E-state index in [1.165, 1.54) is 16.1 Å². The molecule has 0 bridgehead atoms. The molecule has 29 heavy (non-hydrogen) atoms. The minimum absolute atomic E-state index is 0.105. The zero-order chi connectivity index (χ0) is 20.3. The Bertz CT molecular complexity index is 963. The molecule has 2 fully saturated rings. The second-order valence-electron chi connectivity index (χ2n) is 7.30. The summed E-state index contributed by atoms with van der Waals surface area (Å²) >= 11 is 1.19. The topological polar surface area (TPSA) is 102 Å². The van der Waals surface area contributed by atoms with Gasteiger partial charge in [-0.2, -0.15) is 4.31 Å². The molecule has 0 saturated carbocycles. The van der Waals surface area contributed by atoms with E-state index in [1.54, 1.807) is 18.2 Å². The van der Waals surface area contributed by atoms with Crippen molar-refractivity contribution in [3.8, 4) is 0 Å². The number of hydrogen-bond donors (Lipinski definition) is 1. The van der Waals surface area contributed by atoms with Crippen LogP contribution in [0.25, 0.3) is 11.1 Å². The van der Waals surface area contributed by atoms with Crippen molar-refractivity contribution in [3.63, 3.8) is 0 Å². The first kappa shape index (κ1) is 20.6. The molecule has 158 valence electrons. The molecule has 1 atom stereocenters. The van der Waals surface area contributed by atoms with E-state index in [-0.39, 0.29) is 22.7 Å². The minimum atomic E-state index is -3.52. The number of amides is 1. The highest BCUT2D eigenvalue weighted by atomic mass is 32.2. The molecule has 1 aromatic heterocycles. The average Bonchev–Trinajstić information content (AvgIpc) is 3.40. The predicted molar refractivity (Wildman–Crippen MR) is 109 cm³/mol. The summed E-state index contributed by atoms with van der Waals surface area (Å²) < 4.78 is 38.3. The van der Waals surface area contributed by atoms with Crippen molar-refractivity contribution in [1.82, 2.24) is 14.6 Å². The highest BCUT2D eigenvalue weighted by molar-refractivity contribution is 7.99. The molecule has 2 aliphatic rings. The maximum atomic E-state index is 12.8. The molecular formula is C19H25N3O5S2. The molecule has 0 aliphatic carbocycles. The lowest BCUT2D eigenvalue weighted by Gasteiger charge is -2.25. The molecule has 2 aromatic rings. The summed E-state index contributed by atoms with van der Waals surface area (Å²) in [6.45, 7) is 2.39. The molecule has 10 heteroatoms. The van der Waals surface area contributed by atoms with Gasteiger partial charge in [-0.25, -0.2) is 13.4 Å². The normalized spacial score (nSPS) is 20.9. The molecule has 2 saturated heterocycles. The van der Waals surface area contributed by atoms with Gasteiger partial charge in [0.05, 0.1) is 16.8 Å². The van der Waals surface area contributed by atoms with E-state index in [1.807, 2.05) is 0 Å². The third-order valence-electron chi connectivity index (χ3n) is 5.17. The summed E-state index contributed by atoms with van der Waals surface area (Å²) in [4.78, 5) is 16.6. The molecule has 4 rings (SSSR count). The number of rotatable bonds is 7. The number of aromatic nitrogens is 1. The number of nitrogens with one attached hydrogen (secondary N) is 1. The van der Waals surface area contributed by atoms with Gasteiger partial charge >= 0.3 is 0 Å². The van der Waals surface area contributed by atoms with Crippen molar-refractivity contribution in [3.05, 3.63) is 18.2 Å². The van der Waals surface area contributed by atoms with E-state index in [0.29, 0.717) is 36.0 Å². The number of oxazole rings is 1. The molecule has 0 spiro atoms. The Hall–Kier alpha value is -1.62. The number of fused-ring (bicyclic) bond motifs is 1. The third-order valence-corrected chi connectivity index (χ3v) is 7.89. The van der Waals surface area contributed by atoms with Gasteiger partial charge in [-0.3, -0.25) is 4.79 Å². The molecule has 1 N–H and O–H groups in total. The molecule has 0 radical (unpaired) electrons. The second-order valence-corrected chi connectivity index (χ2v) is 10.2. The van der Waals surface area contributed by atoms with Gasteiger partial charge in [0.2, 0.25) is 15.9 Å². The highest BCUT2D eigenvalue weighted by Gasteiger charge is 2.26. The highest BCUT2D eigenvalue weighted by Crippen LogP contribution is 2.27. The Morgan fingerprint density at radius 2 is 2.07 bits per heavy atom. The van der Waals surface area contributed by atoms with Crippen LogP contribution in [0.4, 0.5) is 0 Å². The van der Waals surface area contributed by atoms with Crippen LogP contribution in [0.1, 0.15) is 32.1 Å². The van der Waals surface area contributed by atoms with Crippen LogP contribution >= 0.6 is 11.8 Å². The number of hydrogen-bond acceptors (Lipinski definition) is 7. The largest absolute Gasteiger partial charge is 0.431 e. The van der Waals surface area contributed by atoms with Gasteiger partial charge in [0, 0.05) is 26.2 Å². The van der Waals surface area contributed by atoms with Crippen LogP contribution in [0.5, 0.6) is 0 Å². The zero-order valence-electron chi connectivity index (χ0n) is 16.1. The van der Waals surface area contributed by atoms with Crippen LogP contribution < -0.4 is 5.32 Å². The summed E-state index contributed by atoms with van der Waals surface area (Å²) in [5, 5.41) is 3.20. The van der Waals surface area contributed by atoms with Crippen LogP contribution in [0.3, 0.4) is 0 Å². The predicted octanol–water partition coefficient (Wildman–Crippen LogP) is 2.39. The minimum Gasteiger partial charge on any atom is -0.431 e. The average molecular weight is 440 g/mol. The van der Waals surface area contributed by atoms with Crippen molar-refractivity contribution in [2.24, 2.45) is 0 Å². The van der Waals surface area contributed by atoms with Gasteiger partial charge < -0.3 is 14.5 Å². The smallest absolute Gasteiger partial charge is 0.257 e. The first-order chi connectivity index (χ1) is 14.0. The Morgan fingerprint density at radius 1 is 1.24 bits per heavy atom. The monoisotopic (exact) mass is 439 g/mol. The van der Waals surface area contributed by atoms with Crippen molar-refractivity contribution in [2.75, 3.05) is 32.0 Å². The second kappa shape index (κ2) is 9.03.